The molecule has 5 heteroatoms. The Morgan fingerprint density at radius 2 is 1.76 bits per heavy atom. The van der Waals surface area contributed by atoms with Crippen LogP contribution in [0.3, 0.4) is 0 Å². The maximum absolute atomic E-state index is 11.9. The van der Waals surface area contributed by atoms with Crippen LogP contribution in [0.2, 0.25) is 0 Å². The fourth-order valence-corrected chi connectivity index (χ4v) is 2.20. The van der Waals surface area contributed by atoms with Crippen molar-refractivity contribution >= 4 is 17.6 Å². The Bertz CT molecular complexity index is 492. The van der Waals surface area contributed by atoms with Crippen molar-refractivity contribution in [2.24, 2.45) is 5.92 Å². The first kappa shape index (κ1) is 17.0. The number of carbonyl (C=O) groups excluding carboxylic acids is 1. The van der Waals surface area contributed by atoms with Crippen LogP contribution in [0.25, 0.3) is 0 Å². The minimum atomic E-state index is -0.996. The van der Waals surface area contributed by atoms with Crippen LogP contribution in [0.4, 0.5) is 5.69 Å². The molecule has 5 nitrogen and oxygen atoms in total. The van der Waals surface area contributed by atoms with E-state index >= 15 is 0 Å². The minimum absolute atomic E-state index is 0.0631. The second-order valence-electron chi connectivity index (χ2n) is 5.71. The van der Waals surface area contributed by atoms with Gasteiger partial charge < -0.3 is 15.7 Å². The Hall–Kier alpha value is -2.04. The van der Waals surface area contributed by atoms with Crippen LogP contribution < -0.4 is 10.6 Å². The second kappa shape index (κ2) is 7.67. The van der Waals surface area contributed by atoms with Gasteiger partial charge in [-0.15, -0.1) is 0 Å². The average molecular weight is 292 g/mol. The van der Waals surface area contributed by atoms with Crippen molar-refractivity contribution in [1.29, 1.82) is 0 Å². The summed E-state index contributed by atoms with van der Waals surface area (Å²) in [6.07, 6.45) is 0.421. The number of rotatable bonds is 7. The molecule has 0 saturated carbocycles. The predicted octanol–water partition coefficient (Wildman–Crippen LogP) is 2.33. The molecule has 1 aromatic rings. The molecule has 0 heterocycles. The van der Waals surface area contributed by atoms with E-state index in [1.807, 2.05) is 45.9 Å². The van der Waals surface area contributed by atoms with Gasteiger partial charge in [-0.3, -0.25) is 4.79 Å². The normalized spacial score (nSPS) is 12.0. The number of benzene rings is 1. The molecule has 1 rings (SSSR count). The lowest BCUT2D eigenvalue weighted by atomic mass is 10.0. The molecule has 1 unspecified atom stereocenters. The summed E-state index contributed by atoms with van der Waals surface area (Å²) in [5, 5.41) is 14.7. The number of amides is 1. The Morgan fingerprint density at radius 1 is 1.19 bits per heavy atom. The van der Waals surface area contributed by atoms with Crippen molar-refractivity contribution in [3.63, 3.8) is 0 Å². The van der Waals surface area contributed by atoms with Crippen LogP contribution in [0.5, 0.6) is 0 Å². The SMILES string of the molecule is Cc1cccc(C)c1NCC(=O)NC(CC(C)C)C(=O)O. The number of hydrogen-bond acceptors (Lipinski definition) is 3. The second-order valence-corrected chi connectivity index (χ2v) is 5.71. The van der Waals surface area contributed by atoms with E-state index in [1.54, 1.807) is 0 Å². The third-order valence-corrected chi connectivity index (χ3v) is 3.25. The summed E-state index contributed by atoms with van der Waals surface area (Å²) < 4.78 is 0. The lowest BCUT2D eigenvalue weighted by Gasteiger charge is -2.17. The zero-order chi connectivity index (χ0) is 16.0. The van der Waals surface area contributed by atoms with E-state index in [0.29, 0.717) is 6.42 Å². The van der Waals surface area contributed by atoms with Gasteiger partial charge in [0, 0.05) is 5.69 Å². The molecule has 0 radical (unpaired) electrons. The van der Waals surface area contributed by atoms with Crippen molar-refractivity contribution < 1.29 is 14.7 Å². The van der Waals surface area contributed by atoms with Crippen molar-refractivity contribution in [2.45, 2.75) is 40.2 Å². The van der Waals surface area contributed by atoms with E-state index in [4.69, 9.17) is 5.11 Å². The summed E-state index contributed by atoms with van der Waals surface area (Å²) in [6.45, 7) is 7.85. The summed E-state index contributed by atoms with van der Waals surface area (Å²) in [7, 11) is 0. The highest BCUT2D eigenvalue weighted by molar-refractivity contribution is 5.86. The smallest absolute Gasteiger partial charge is 0.326 e. The number of hydrogen-bond donors (Lipinski definition) is 3. The lowest BCUT2D eigenvalue weighted by molar-refractivity contribution is -0.142. The van der Waals surface area contributed by atoms with Crippen LogP contribution in [-0.4, -0.2) is 29.6 Å². The van der Waals surface area contributed by atoms with Crippen LogP contribution in [0, 0.1) is 19.8 Å². The summed E-state index contributed by atoms with van der Waals surface area (Å²) in [5.74, 6) is -1.10. The van der Waals surface area contributed by atoms with Crippen LogP contribution in [0.1, 0.15) is 31.4 Å². The lowest BCUT2D eigenvalue weighted by Crippen LogP contribution is -2.44. The molecule has 1 aromatic carbocycles. The fourth-order valence-electron chi connectivity index (χ4n) is 2.20. The topological polar surface area (TPSA) is 78.4 Å². The molecule has 0 saturated heterocycles. The highest BCUT2D eigenvalue weighted by Gasteiger charge is 2.20. The number of aryl methyl sites for hydroxylation is 2. The minimum Gasteiger partial charge on any atom is -0.480 e. The highest BCUT2D eigenvalue weighted by Crippen LogP contribution is 2.18. The molecule has 3 N–H and O–H groups in total. The molecule has 21 heavy (non-hydrogen) atoms. The number of aliphatic carboxylic acids is 1. The Labute approximate surface area is 125 Å². The Kier molecular flexibility index (Phi) is 6.21. The quantitative estimate of drug-likeness (QED) is 0.720. The fraction of sp³-hybridized carbons (Fsp3) is 0.500. The number of para-hydroxylation sites is 1. The number of carbonyl (C=O) groups is 2. The van der Waals surface area contributed by atoms with Gasteiger partial charge in [0.15, 0.2) is 0 Å². The average Bonchev–Trinajstić information content (AvgIpc) is 2.36. The standard InChI is InChI=1S/C16H24N2O3/c1-10(2)8-13(16(20)21)18-14(19)9-17-15-11(3)6-5-7-12(15)4/h5-7,10,13,17H,8-9H2,1-4H3,(H,18,19)(H,20,21). The van der Waals surface area contributed by atoms with E-state index in [2.05, 4.69) is 10.6 Å². The zero-order valence-corrected chi connectivity index (χ0v) is 13.1. The van der Waals surface area contributed by atoms with Gasteiger partial charge in [0.1, 0.15) is 6.04 Å². The maximum Gasteiger partial charge on any atom is 0.326 e. The molecule has 0 spiro atoms. The predicted molar refractivity (Wildman–Crippen MR) is 83.4 cm³/mol. The molecule has 0 aliphatic carbocycles. The number of nitrogens with one attached hydrogen (secondary N) is 2. The monoisotopic (exact) mass is 292 g/mol. The highest BCUT2D eigenvalue weighted by atomic mass is 16.4. The van der Waals surface area contributed by atoms with E-state index in [1.165, 1.54) is 0 Å². The molecule has 0 bridgehead atoms. The molecule has 1 atom stereocenters. The van der Waals surface area contributed by atoms with Gasteiger partial charge in [-0.1, -0.05) is 32.0 Å². The van der Waals surface area contributed by atoms with Crippen LogP contribution in [0.15, 0.2) is 18.2 Å². The van der Waals surface area contributed by atoms with E-state index in [9.17, 15) is 9.59 Å². The van der Waals surface area contributed by atoms with Gasteiger partial charge in [0.25, 0.3) is 0 Å². The van der Waals surface area contributed by atoms with Crippen molar-refractivity contribution in [3.8, 4) is 0 Å². The maximum atomic E-state index is 11.9. The van der Waals surface area contributed by atoms with Crippen molar-refractivity contribution in [3.05, 3.63) is 29.3 Å². The summed E-state index contributed by atoms with van der Waals surface area (Å²) in [5.41, 5.74) is 3.03. The molecule has 116 valence electrons. The van der Waals surface area contributed by atoms with Gasteiger partial charge in [0.2, 0.25) is 5.91 Å². The van der Waals surface area contributed by atoms with Crippen LogP contribution in [-0.2, 0) is 9.59 Å². The first-order valence-electron chi connectivity index (χ1n) is 7.13. The van der Waals surface area contributed by atoms with Crippen LogP contribution >= 0.6 is 0 Å². The van der Waals surface area contributed by atoms with Gasteiger partial charge in [-0.05, 0) is 37.3 Å². The molecule has 0 fully saturated rings. The van der Waals surface area contributed by atoms with Crippen molar-refractivity contribution in [1.82, 2.24) is 5.32 Å². The first-order valence-corrected chi connectivity index (χ1v) is 7.13. The zero-order valence-electron chi connectivity index (χ0n) is 13.1. The third kappa shape index (κ3) is 5.45. The Balaban J connectivity index is 2.59. The summed E-state index contributed by atoms with van der Waals surface area (Å²) in [4.78, 5) is 23.0. The number of anilines is 1. The molecular formula is C16H24N2O3. The first-order chi connectivity index (χ1) is 9.81. The Morgan fingerprint density at radius 3 is 2.24 bits per heavy atom. The van der Waals surface area contributed by atoms with E-state index < -0.39 is 12.0 Å². The molecular weight excluding hydrogens is 268 g/mol. The third-order valence-electron chi connectivity index (χ3n) is 3.25. The number of carboxylic acids is 1. The molecule has 1 amide bonds. The number of carboxylic acid groups (broad SMARTS) is 1. The van der Waals surface area contributed by atoms with Gasteiger partial charge in [-0.2, -0.15) is 0 Å². The van der Waals surface area contributed by atoms with Crippen molar-refractivity contribution in [2.75, 3.05) is 11.9 Å². The summed E-state index contributed by atoms with van der Waals surface area (Å²) in [6, 6.07) is 5.05. The van der Waals surface area contributed by atoms with E-state index in [0.717, 1.165) is 16.8 Å². The van der Waals surface area contributed by atoms with Gasteiger partial charge in [-0.25, -0.2) is 4.79 Å². The van der Waals surface area contributed by atoms with E-state index in [-0.39, 0.29) is 18.4 Å². The summed E-state index contributed by atoms with van der Waals surface area (Å²) >= 11 is 0. The molecule has 0 aliphatic heterocycles. The molecule has 0 aromatic heterocycles. The molecule has 0 aliphatic rings. The van der Waals surface area contributed by atoms with Gasteiger partial charge >= 0.3 is 5.97 Å². The largest absolute Gasteiger partial charge is 0.480 e. The van der Waals surface area contributed by atoms with Gasteiger partial charge in [0.05, 0.1) is 6.54 Å².